The Morgan fingerprint density at radius 2 is 2.27 bits per heavy atom. The monoisotopic (exact) mass is 174 g/mol. The highest BCUT2D eigenvalue weighted by atomic mass is 32.2. The lowest BCUT2D eigenvalue weighted by atomic mass is 10.0. The normalized spacial score (nSPS) is 39.3. The van der Waals surface area contributed by atoms with Gasteiger partial charge in [0.05, 0.1) is 19.8 Å². The number of rotatable bonds is 0. The Morgan fingerprint density at radius 3 is 2.91 bits per heavy atom. The SMILES string of the molecule is C1CSCC2(C1)COCCO2. The first-order valence-electron chi connectivity index (χ1n) is 4.21. The first kappa shape index (κ1) is 7.90. The molecule has 64 valence electrons. The van der Waals surface area contributed by atoms with Crippen molar-refractivity contribution in [2.45, 2.75) is 18.4 Å². The van der Waals surface area contributed by atoms with Crippen LogP contribution >= 0.6 is 11.8 Å². The van der Waals surface area contributed by atoms with E-state index >= 15 is 0 Å². The molecule has 2 aliphatic rings. The Balaban J connectivity index is 1.94. The molecule has 0 aromatic heterocycles. The Morgan fingerprint density at radius 1 is 1.27 bits per heavy atom. The average molecular weight is 174 g/mol. The maximum Gasteiger partial charge on any atom is 0.101 e. The van der Waals surface area contributed by atoms with Crippen molar-refractivity contribution in [1.29, 1.82) is 0 Å². The zero-order valence-electron chi connectivity index (χ0n) is 6.67. The van der Waals surface area contributed by atoms with Gasteiger partial charge in [0.25, 0.3) is 0 Å². The summed E-state index contributed by atoms with van der Waals surface area (Å²) in [5.74, 6) is 2.43. The van der Waals surface area contributed by atoms with Crippen LogP contribution in [0.1, 0.15) is 12.8 Å². The summed E-state index contributed by atoms with van der Waals surface area (Å²) >= 11 is 2.00. The van der Waals surface area contributed by atoms with Gasteiger partial charge in [-0.05, 0) is 18.6 Å². The lowest BCUT2D eigenvalue weighted by molar-refractivity contribution is -0.149. The minimum atomic E-state index is 0.0984. The summed E-state index contributed by atoms with van der Waals surface area (Å²) < 4.78 is 11.2. The van der Waals surface area contributed by atoms with Crippen LogP contribution in [0.4, 0.5) is 0 Å². The highest BCUT2D eigenvalue weighted by Gasteiger charge is 2.35. The van der Waals surface area contributed by atoms with Crippen LogP contribution in [0.15, 0.2) is 0 Å². The smallest absolute Gasteiger partial charge is 0.101 e. The predicted octanol–water partition coefficient (Wildman–Crippen LogP) is 1.30. The third-order valence-corrected chi connectivity index (χ3v) is 3.59. The minimum absolute atomic E-state index is 0.0984. The summed E-state index contributed by atoms with van der Waals surface area (Å²) in [4.78, 5) is 0. The molecule has 2 fully saturated rings. The molecule has 0 aliphatic carbocycles. The Bertz CT molecular complexity index is 107. The molecule has 2 saturated heterocycles. The quantitative estimate of drug-likeness (QED) is 0.551. The van der Waals surface area contributed by atoms with Crippen LogP contribution < -0.4 is 0 Å². The summed E-state index contributed by atoms with van der Waals surface area (Å²) in [5.41, 5.74) is 0.0984. The van der Waals surface area contributed by atoms with Crippen molar-refractivity contribution >= 4 is 11.8 Å². The number of thioether (sulfide) groups is 1. The van der Waals surface area contributed by atoms with Gasteiger partial charge in [0, 0.05) is 5.75 Å². The molecule has 0 N–H and O–H groups in total. The third kappa shape index (κ3) is 1.71. The Kier molecular flexibility index (Phi) is 2.39. The van der Waals surface area contributed by atoms with Crippen molar-refractivity contribution in [3.8, 4) is 0 Å². The van der Waals surface area contributed by atoms with E-state index < -0.39 is 0 Å². The summed E-state index contributed by atoms with van der Waals surface area (Å²) in [6.07, 6.45) is 2.48. The summed E-state index contributed by atoms with van der Waals surface area (Å²) in [7, 11) is 0. The van der Waals surface area contributed by atoms with E-state index in [1.807, 2.05) is 11.8 Å². The molecule has 1 unspecified atom stereocenters. The van der Waals surface area contributed by atoms with Crippen LogP contribution in [-0.4, -0.2) is 36.9 Å². The first-order chi connectivity index (χ1) is 5.41. The summed E-state index contributed by atoms with van der Waals surface area (Å²) in [6, 6.07) is 0. The van der Waals surface area contributed by atoms with Gasteiger partial charge in [-0.1, -0.05) is 0 Å². The molecule has 0 aromatic rings. The molecule has 2 nitrogen and oxygen atoms in total. The summed E-state index contributed by atoms with van der Waals surface area (Å²) in [6.45, 7) is 2.40. The van der Waals surface area contributed by atoms with Crippen molar-refractivity contribution in [2.75, 3.05) is 31.3 Å². The number of hydrogen-bond acceptors (Lipinski definition) is 3. The fraction of sp³-hybridized carbons (Fsp3) is 1.00. The van der Waals surface area contributed by atoms with Crippen molar-refractivity contribution in [2.24, 2.45) is 0 Å². The fourth-order valence-corrected chi connectivity index (χ4v) is 2.85. The second-order valence-electron chi connectivity index (χ2n) is 3.24. The van der Waals surface area contributed by atoms with Crippen molar-refractivity contribution in [1.82, 2.24) is 0 Å². The van der Waals surface area contributed by atoms with Gasteiger partial charge in [-0.25, -0.2) is 0 Å². The third-order valence-electron chi connectivity index (χ3n) is 2.29. The van der Waals surface area contributed by atoms with Crippen LogP contribution in [0.25, 0.3) is 0 Å². The number of hydrogen-bond donors (Lipinski definition) is 0. The van der Waals surface area contributed by atoms with E-state index in [1.54, 1.807) is 0 Å². The second kappa shape index (κ2) is 3.33. The average Bonchev–Trinajstić information content (AvgIpc) is 2.07. The molecule has 2 aliphatic heterocycles. The van der Waals surface area contributed by atoms with Gasteiger partial charge in [0.15, 0.2) is 0 Å². The molecule has 0 amide bonds. The van der Waals surface area contributed by atoms with Crippen LogP contribution in [-0.2, 0) is 9.47 Å². The van der Waals surface area contributed by atoms with Crippen LogP contribution in [0, 0.1) is 0 Å². The molecule has 1 atom stereocenters. The van der Waals surface area contributed by atoms with Gasteiger partial charge in [-0.2, -0.15) is 11.8 Å². The largest absolute Gasteiger partial charge is 0.376 e. The molecule has 0 aromatic carbocycles. The van der Waals surface area contributed by atoms with E-state index in [0.717, 1.165) is 25.6 Å². The van der Waals surface area contributed by atoms with E-state index in [0.29, 0.717) is 0 Å². The lowest BCUT2D eigenvalue weighted by Gasteiger charge is -2.39. The molecule has 0 saturated carbocycles. The van der Waals surface area contributed by atoms with Crippen molar-refractivity contribution < 1.29 is 9.47 Å². The van der Waals surface area contributed by atoms with Crippen LogP contribution in [0.3, 0.4) is 0 Å². The zero-order valence-corrected chi connectivity index (χ0v) is 7.49. The molecule has 3 heteroatoms. The Labute approximate surface area is 71.6 Å². The van der Waals surface area contributed by atoms with Gasteiger partial charge in [0.2, 0.25) is 0 Å². The van der Waals surface area contributed by atoms with E-state index in [4.69, 9.17) is 9.47 Å². The van der Waals surface area contributed by atoms with E-state index in [2.05, 4.69) is 0 Å². The van der Waals surface area contributed by atoms with E-state index in [-0.39, 0.29) is 5.60 Å². The van der Waals surface area contributed by atoms with Gasteiger partial charge in [0.1, 0.15) is 5.60 Å². The predicted molar refractivity (Wildman–Crippen MR) is 46.1 cm³/mol. The molecule has 1 spiro atoms. The molecule has 0 radical (unpaired) electrons. The molecule has 2 heterocycles. The molecular weight excluding hydrogens is 160 g/mol. The maximum atomic E-state index is 5.76. The second-order valence-corrected chi connectivity index (χ2v) is 4.35. The van der Waals surface area contributed by atoms with Gasteiger partial charge >= 0.3 is 0 Å². The fourth-order valence-electron chi connectivity index (χ4n) is 1.67. The maximum absolute atomic E-state index is 5.76. The molecular formula is C8H14O2S. The van der Waals surface area contributed by atoms with E-state index in [1.165, 1.54) is 18.6 Å². The number of ether oxygens (including phenoxy) is 2. The van der Waals surface area contributed by atoms with Gasteiger partial charge < -0.3 is 9.47 Å². The lowest BCUT2D eigenvalue weighted by Crippen LogP contribution is -2.47. The molecule has 0 bridgehead atoms. The first-order valence-corrected chi connectivity index (χ1v) is 5.36. The van der Waals surface area contributed by atoms with Crippen LogP contribution in [0.5, 0.6) is 0 Å². The van der Waals surface area contributed by atoms with Crippen molar-refractivity contribution in [3.05, 3.63) is 0 Å². The van der Waals surface area contributed by atoms with Gasteiger partial charge in [-0.15, -0.1) is 0 Å². The zero-order chi connectivity index (χ0) is 7.57. The highest BCUT2D eigenvalue weighted by molar-refractivity contribution is 7.99. The highest BCUT2D eigenvalue weighted by Crippen LogP contribution is 2.31. The minimum Gasteiger partial charge on any atom is -0.376 e. The topological polar surface area (TPSA) is 18.5 Å². The molecule has 2 rings (SSSR count). The van der Waals surface area contributed by atoms with Crippen LogP contribution in [0.2, 0.25) is 0 Å². The Hall–Kier alpha value is 0.270. The van der Waals surface area contributed by atoms with Crippen molar-refractivity contribution in [3.63, 3.8) is 0 Å². The van der Waals surface area contributed by atoms with E-state index in [9.17, 15) is 0 Å². The molecule has 11 heavy (non-hydrogen) atoms. The standard InChI is InChI=1S/C8H14O2S/c1-2-8(7-11-5-1)6-9-3-4-10-8/h1-7H2. The van der Waals surface area contributed by atoms with Gasteiger partial charge in [-0.3, -0.25) is 0 Å². The summed E-state index contributed by atoms with van der Waals surface area (Å²) in [5, 5.41) is 0.